The van der Waals surface area contributed by atoms with Gasteiger partial charge in [-0.1, -0.05) is 0 Å². The highest BCUT2D eigenvalue weighted by atomic mass is 16.2. The zero-order valence-corrected chi connectivity index (χ0v) is 8.37. The Kier molecular flexibility index (Phi) is 2.03. The van der Waals surface area contributed by atoms with E-state index in [-0.39, 0.29) is 0 Å². The number of pyridine rings is 1. The first-order chi connectivity index (χ1) is 7.15. The van der Waals surface area contributed by atoms with E-state index in [2.05, 4.69) is 15.3 Å². The molecule has 0 amide bonds. The van der Waals surface area contributed by atoms with Crippen LogP contribution in [0.5, 0.6) is 0 Å². The van der Waals surface area contributed by atoms with Crippen molar-refractivity contribution in [2.45, 2.75) is 0 Å². The molecular weight excluding hydrogens is 196 g/mol. The van der Waals surface area contributed by atoms with Gasteiger partial charge in [-0.2, -0.15) is 0 Å². The monoisotopic (exact) mass is 206 g/mol. The molecule has 2 N–H and O–H groups in total. The summed E-state index contributed by atoms with van der Waals surface area (Å²) in [5, 5.41) is 3.27. The Morgan fingerprint density at radius 2 is 2.20 bits per heavy atom. The number of H-pyrrole nitrogens is 1. The lowest BCUT2D eigenvalue weighted by atomic mass is 10.3. The Morgan fingerprint density at radius 3 is 2.87 bits per heavy atom. The third-order valence-corrected chi connectivity index (χ3v) is 2.27. The van der Waals surface area contributed by atoms with E-state index < -0.39 is 11.2 Å². The quantitative estimate of drug-likeness (QED) is 0.669. The van der Waals surface area contributed by atoms with Crippen LogP contribution in [0, 0.1) is 0 Å². The SMILES string of the molecule is CNc1ccnc2c1c(=O)[nH]c(=O)n2C. The van der Waals surface area contributed by atoms with Crippen LogP contribution in [0.1, 0.15) is 0 Å². The minimum Gasteiger partial charge on any atom is -0.387 e. The molecule has 2 aromatic heterocycles. The normalized spacial score (nSPS) is 10.5. The van der Waals surface area contributed by atoms with Gasteiger partial charge in [0.05, 0.1) is 5.69 Å². The Hall–Kier alpha value is -2.11. The molecule has 2 aromatic rings. The molecule has 0 bridgehead atoms. The molecule has 0 atom stereocenters. The van der Waals surface area contributed by atoms with Crippen molar-refractivity contribution in [2.24, 2.45) is 7.05 Å². The summed E-state index contributed by atoms with van der Waals surface area (Å²) >= 11 is 0. The Balaban J connectivity index is 3.09. The predicted octanol–water partition coefficient (Wildman–Crippen LogP) is -0.337. The van der Waals surface area contributed by atoms with E-state index >= 15 is 0 Å². The second-order valence-corrected chi connectivity index (χ2v) is 3.13. The highest BCUT2D eigenvalue weighted by Crippen LogP contribution is 2.14. The molecule has 0 saturated carbocycles. The minimum atomic E-state index is -0.465. The predicted molar refractivity (Wildman–Crippen MR) is 57.2 cm³/mol. The van der Waals surface area contributed by atoms with Crippen molar-refractivity contribution in [3.63, 3.8) is 0 Å². The van der Waals surface area contributed by atoms with Crippen LogP contribution in [0.3, 0.4) is 0 Å². The van der Waals surface area contributed by atoms with Crippen LogP contribution in [0.15, 0.2) is 21.9 Å². The number of aromatic nitrogens is 3. The van der Waals surface area contributed by atoms with Crippen molar-refractivity contribution in [3.8, 4) is 0 Å². The zero-order chi connectivity index (χ0) is 11.0. The first-order valence-corrected chi connectivity index (χ1v) is 4.41. The van der Waals surface area contributed by atoms with Crippen LogP contribution >= 0.6 is 0 Å². The minimum absolute atomic E-state index is 0.371. The van der Waals surface area contributed by atoms with Crippen molar-refractivity contribution in [2.75, 3.05) is 12.4 Å². The van der Waals surface area contributed by atoms with Crippen molar-refractivity contribution in [3.05, 3.63) is 33.1 Å². The molecular formula is C9H10N4O2. The standard InChI is InChI=1S/C9H10N4O2/c1-10-5-3-4-11-7-6(5)8(14)12-9(15)13(7)2/h3-4H,1-2H3,(H,10,11)(H,12,14,15). The molecule has 0 fully saturated rings. The summed E-state index contributed by atoms with van der Waals surface area (Å²) in [7, 11) is 3.27. The highest BCUT2D eigenvalue weighted by Gasteiger charge is 2.08. The third kappa shape index (κ3) is 1.30. The summed E-state index contributed by atoms with van der Waals surface area (Å²) < 4.78 is 1.30. The van der Waals surface area contributed by atoms with Gasteiger partial charge in [-0.15, -0.1) is 0 Å². The first kappa shape index (κ1) is 9.45. The van der Waals surface area contributed by atoms with E-state index in [0.29, 0.717) is 16.7 Å². The van der Waals surface area contributed by atoms with Gasteiger partial charge in [0, 0.05) is 20.3 Å². The van der Waals surface area contributed by atoms with Gasteiger partial charge in [-0.3, -0.25) is 14.3 Å². The second kappa shape index (κ2) is 3.23. The number of aromatic amines is 1. The molecule has 6 heteroatoms. The number of hydrogen-bond donors (Lipinski definition) is 2. The summed E-state index contributed by atoms with van der Waals surface area (Å²) in [5.41, 5.74) is 0.131. The van der Waals surface area contributed by atoms with Crippen molar-refractivity contribution in [1.29, 1.82) is 0 Å². The van der Waals surface area contributed by atoms with Crippen LogP contribution in [0.4, 0.5) is 5.69 Å². The molecule has 0 aliphatic carbocycles. The van der Waals surface area contributed by atoms with Gasteiger partial charge in [0.1, 0.15) is 5.39 Å². The summed E-state index contributed by atoms with van der Waals surface area (Å²) in [6, 6.07) is 1.68. The maximum Gasteiger partial charge on any atom is 0.329 e. The Bertz CT molecular complexity index is 626. The largest absolute Gasteiger partial charge is 0.387 e. The van der Waals surface area contributed by atoms with Crippen molar-refractivity contribution in [1.82, 2.24) is 14.5 Å². The summed E-state index contributed by atoms with van der Waals surface area (Å²) in [6.07, 6.45) is 1.55. The topological polar surface area (TPSA) is 79.8 Å². The summed E-state index contributed by atoms with van der Waals surface area (Å²) in [4.78, 5) is 29.1. The van der Waals surface area contributed by atoms with Crippen LogP contribution in [-0.2, 0) is 7.05 Å². The van der Waals surface area contributed by atoms with Crippen LogP contribution < -0.4 is 16.6 Å². The molecule has 0 radical (unpaired) electrons. The number of rotatable bonds is 1. The van der Waals surface area contributed by atoms with Gasteiger partial charge in [0.25, 0.3) is 5.56 Å². The highest BCUT2D eigenvalue weighted by molar-refractivity contribution is 5.87. The van der Waals surface area contributed by atoms with Gasteiger partial charge >= 0.3 is 5.69 Å². The zero-order valence-electron chi connectivity index (χ0n) is 8.37. The fourth-order valence-corrected chi connectivity index (χ4v) is 1.48. The molecule has 0 aliphatic rings. The fourth-order valence-electron chi connectivity index (χ4n) is 1.48. The molecule has 0 saturated heterocycles. The van der Waals surface area contributed by atoms with Crippen molar-refractivity contribution >= 4 is 16.7 Å². The molecule has 0 aliphatic heterocycles. The second-order valence-electron chi connectivity index (χ2n) is 3.13. The summed E-state index contributed by atoms with van der Waals surface area (Å²) in [6.45, 7) is 0. The molecule has 2 heterocycles. The maximum absolute atomic E-state index is 11.6. The smallest absolute Gasteiger partial charge is 0.329 e. The number of hydrogen-bond acceptors (Lipinski definition) is 4. The van der Waals surface area contributed by atoms with E-state index in [9.17, 15) is 9.59 Å². The number of nitrogens with zero attached hydrogens (tertiary/aromatic N) is 2. The number of fused-ring (bicyclic) bond motifs is 1. The van der Waals surface area contributed by atoms with E-state index in [1.807, 2.05) is 0 Å². The lowest BCUT2D eigenvalue weighted by Crippen LogP contribution is -2.29. The van der Waals surface area contributed by atoms with E-state index in [1.165, 1.54) is 4.57 Å². The van der Waals surface area contributed by atoms with E-state index in [1.54, 1.807) is 26.4 Å². The van der Waals surface area contributed by atoms with E-state index in [4.69, 9.17) is 0 Å². The number of aryl methyl sites for hydroxylation is 1. The van der Waals surface area contributed by atoms with Gasteiger partial charge < -0.3 is 5.32 Å². The van der Waals surface area contributed by atoms with Crippen molar-refractivity contribution < 1.29 is 0 Å². The molecule has 6 nitrogen and oxygen atoms in total. The van der Waals surface area contributed by atoms with Gasteiger partial charge in [-0.25, -0.2) is 9.78 Å². The average Bonchev–Trinajstić information content (AvgIpc) is 2.25. The Labute approximate surface area is 84.6 Å². The molecule has 0 aromatic carbocycles. The molecule has 0 unspecified atom stereocenters. The molecule has 15 heavy (non-hydrogen) atoms. The first-order valence-electron chi connectivity index (χ1n) is 4.41. The van der Waals surface area contributed by atoms with Gasteiger partial charge in [-0.05, 0) is 6.07 Å². The fraction of sp³-hybridized carbons (Fsp3) is 0.222. The molecule has 78 valence electrons. The van der Waals surface area contributed by atoms with Crippen LogP contribution in [-0.4, -0.2) is 21.6 Å². The molecule has 0 spiro atoms. The maximum atomic E-state index is 11.6. The van der Waals surface area contributed by atoms with Gasteiger partial charge in [0.15, 0.2) is 5.65 Å². The number of nitrogens with one attached hydrogen (secondary N) is 2. The number of anilines is 1. The lowest BCUT2D eigenvalue weighted by molar-refractivity contribution is 0.829. The van der Waals surface area contributed by atoms with Gasteiger partial charge in [0.2, 0.25) is 0 Å². The van der Waals surface area contributed by atoms with Crippen LogP contribution in [0.25, 0.3) is 11.0 Å². The van der Waals surface area contributed by atoms with E-state index in [0.717, 1.165) is 0 Å². The van der Waals surface area contributed by atoms with Crippen LogP contribution in [0.2, 0.25) is 0 Å². The lowest BCUT2D eigenvalue weighted by Gasteiger charge is -2.06. The summed E-state index contributed by atoms with van der Waals surface area (Å²) in [5.74, 6) is 0. The average molecular weight is 206 g/mol. The molecule has 2 rings (SSSR count). The third-order valence-electron chi connectivity index (χ3n) is 2.27. The Morgan fingerprint density at radius 1 is 1.47 bits per heavy atom.